The first-order valence-electron chi connectivity index (χ1n) is 6.89. The van der Waals surface area contributed by atoms with Crippen LogP contribution in [0.4, 0.5) is 0 Å². The lowest BCUT2D eigenvalue weighted by Gasteiger charge is -2.31. The third-order valence-electron chi connectivity index (χ3n) is 3.85. The molecule has 0 heterocycles. The lowest BCUT2D eigenvalue weighted by atomic mass is 9.71. The van der Waals surface area contributed by atoms with Crippen LogP contribution in [0.3, 0.4) is 0 Å². The van der Waals surface area contributed by atoms with Gasteiger partial charge in [0, 0.05) is 5.92 Å². The molecule has 3 nitrogen and oxygen atoms in total. The largest absolute Gasteiger partial charge is 0.497 e. The topological polar surface area (TPSA) is 46.5 Å². The predicted molar refractivity (Wildman–Crippen MR) is 82.7 cm³/mol. The van der Waals surface area contributed by atoms with Gasteiger partial charge in [-0.3, -0.25) is 4.79 Å². The molecule has 110 valence electrons. The number of carboxylic acids is 1. The summed E-state index contributed by atoms with van der Waals surface area (Å²) in [4.78, 5) is 11.7. The van der Waals surface area contributed by atoms with Crippen molar-refractivity contribution in [1.29, 1.82) is 0 Å². The second-order valence-electron chi connectivity index (χ2n) is 5.64. The Labute approximate surface area is 125 Å². The molecule has 0 spiro atoms. The minimum Gasteiger partial charge on any atom is -0.497 e. The van der Waals surface area contributed by atoms with E-state index in [4.69, 9.17) is 4.74 Å². The van der Waals surface area contributed by atoms with Crippen LogP contribution in [0.15, 0.2) is 54.6 Å². The van der Waals surface area contributed by atoms with Crippen molar-refractivity contribution in [2.45, 2.75) is 19.8 Å². The first-order chi connectivity index (χ1) is 9.96. The summed E-state index contributed by atoms with van der Waals surface area (Å²) in [5.41, 5.74) is 1.06. The highest BCUT2D eigenvalue weighted by Gasteiger charge is 2.38. The maximum Gasteiger partial charge on any atom is 0.310 e. The number of carboxylic acid groups (broad SMARTS) is 1. The van der Waals surface area contributed by atoms with E-state index in [0.717, 1.165) is 16.9 Å². The van der Waals surface area contributed by atoms with Crippen LogP contribution in [0.25, 0.3) is 0 Å². The molecule has 1 atom stereocenters. The van der Waals surface area contributed by atoms with Crippen molar-refractivity contribution in [3.63, 3.8) is 0 Å². The van der Waals surface area contributed by atoms with Gasteiger partial charge >= 0.3 is 5.97 Å². The van der Waals surface area contributed by atoms with Crippen molar-refractivity contribution in [3.8, 4) is 5.75 Å². The van der Waals surface area contributed by atoms with Crippen LogP contribution in [0.5, 0.6) is 5.75 Å². The van der Waals surface area contributed by atoms with Crippen LogP contribution in [-0.4, -0.2) is 18.2 Å². The fourth-order valence-electron chi connectivity index (χ4n) is 2.59. The molecular formula is C18H20O3. The summed E-state index contributed by atoms with van der Waals surface area (Å²) >= 11 is 0. The molecule has 0 aromatic heterocycles. The predicted octanol–water partition coefficient (Wildman–Crippen LogP) is 3.94. The van der Waals surface area contributed by atoms with Gasteiger partial charge in [-0.1, -0.05) is 42.5 Å². The summed E-state index contributed by atoms with van der Waals surface area (Å²) in [5.74, 6) is -0.270. The molecule has 0 aliphatic rings. The Morgan fingerprint density at radius 2 is 1.52 bits per heavy atom. The number of aliphatic carboxylic acids is 1. The molecule has 0 aliphatic heterocycles. The summed E-state index contributed by atoms with van der Waals surface area (Å²) in [6, 6.07) is 17.3. The highest BCUT2D eigenvalue weighted by molar-refractivity contribution is 5.76. The number of benzene rings is 2. The summed E-state index contributed by atoms with van der Waals surface area (Å²) < 4.78 is 5.17. The molecule has 0 aliphatic carbocycles. The Hall–Kier alpha value is -2.29. The number of methoxy groups -OCH3 is 1. The number of ether oxygens (including phenoxy) is 1. The molecular weight excluding hydrogens is 264 g/mol. The van der Waals surface area contributed by atoms with E-state index in [1.54, 1.807) is 21.0 Å². The number of hydrogen-bond acceptors (Lipinski definition) is 2. The van der Waals surface area contributed by atoms with Gasteiger partial charge in [0.05, 0.1) is 12.5 Å². The maximum atomic E-state index is 11.7. The fraction of sp³-hybridized carbons (Fsp3) is 0.278. The molecule has 21 heavy (non-hydrogen) atoms. The molecule has 0 saturated carbocycles. The summed E-state index contributed by atoms with van der Waals surface area (Å²) in [6.45, 7) is 3.52. The van der Waals surface area contributed by atoms with Gasteiger partial charge in [0.15, 0.2) is 0 Å². The van der Waals surface area contributed by atoms with Crippen LogP contribution in [0, 0.1) is 5.41 Å². The molecule has 1 N–H and O–H groups in total. The van der Waals surface area contributed by atoms with Crippen LogP contribution >= 0.6 is 0 Å². The second kappa shape index (κ2) is 6.00. The molecule has 0 bridgehead atoms. The zero-order valence-electron chi connectivity index (χ0n) is 12.5. The normalized spacial score (nSPS) is 12.7. The molecule has 2 rings (SSSR count). The molecule has 0 radical (unpaired) electrons. The Bertz CT molecular complexity index is 600. The van der Waals surface area contributed by atoms with Gasteiger partial charge in [-0.2, -0.15) is 0 Å². The van der Waals surface area contributed by atoms with Crippen molar-refractivity contribution >= 4 is 5.97 Å². The van der Waals surface area contributed by atoms with Crippen molar-refractivity contribution in [2.75, 3.05) is 7.11 Å². The molecule has 0 saturated heterocycles. The van der Waals surface area contributed by atoms with Crippen LogP contribution < -0.4 is 4.74 Å². The Kier molecular flexibility index (Phi) is 4.32. The van der Waals surface area contributed by atoms with E-state index < -0.39 is 11.4 Å². The smallest absolute Gasteiger partial charge is 0.310 e. The van der Waals surface area contributed by atoms with Crippen molar-refractivity contribution in [3.05, 3.63) is 65.7 Å². The lowest BCUT2D eigenvalue weighted by Crippen LogP contribution is -2.32. The fourth-order valence-corrected chi connectivity index (χ4v) is 2.59. The summed E-state index contributed by atoms with van der Waals surface area (Å²) in [6.07, 6.45) is 0. The number of carbonyl (C=O) groups is 1. The zero-order chi connectivity index (χ0) is 15.5. The van der Waals surface area contributed by atoms with Crippen molar-refractivity contribution in [2.24, 2.45) is 5.41 Å². The third kappa shape index (κ3) is 3.07. The van der Waals surface area contributed by atoms with E-state index in [-0.39, 0.29) is 5.92 Å². The van der Waals surface area contributed by atoms with E-state index >= 15 is 0 Å². The van der Waals surface area contributed by atoms with Crippen LogP contribution in [-0.2, 0) is 4.79 Å². The van der Waals surface area contributed by atoms with Gasteiger partial charge in [-0.05, 0) is 37.1 Å². The van der Waals surface area contributed by atoms with E-state index in [9.17, 15) is 9.90 Å². The van der Waals surface area contributed by atoms with Crippen molar-refractivity contribution in [1.82, 2.24) is 0 Å². The SMILES string of the molecule is COc1ccc([C@H](c2ccccc2)C(C)(C)C(=O)O)cc1. The number of hydrogen-bond donors (Lipinski definition) is 1. The second-order valence-corrected chi connectivity index (χ2v) is 5.64. The molecule has 2 aromatic rings. The first kappa shape index (κ1) is 15.1. The third-order valence-corrected chi connectivity index (χ3v) is 3.85. The van der Waals surface area contributed by atoms with Gasteiger partial charge in [0.2, 0.25) is 0 Å². The summed E-state index contributed by atoms with van der Waals surface area (Å²) in [5, 5.41) is 9.61. The van der Waals surface area contributed by atoms with Crippen LogP contribution in [0.1, 0.15) is 30.9 Å². The Balaban J connectivity index is 2.52. The number of rotatable bonds is 5. The van der Waals surface area contributed by atoms with E-state index in [1.807, 2.05) is 54.6 Å². The van der Waals surface area contributed by atoms with E-state index in [1.165, 1.54) is 0 Å². The van der Waals surface area contributed by atoms with Gasteiger partial charge in [0.25, 0.3) is 0 Å². The lowest BCUT2D eigenvalue weighted by molar-refractivity contribution is -0.147. The summed E-state index contributed by atoms with van der Waals surface area (Å²) in [7, 11) is 1.62. The monoisotopic (exact) mass is 284 g/mol. The van der Waals surface area contributed by atoms with Crippen LogP contribution in [0.2, 0.25) is 0 Å². The molecule has 2 aromatic carbocycles. The molecule has 0 unspecified atom stereocenters. The molecule has 0 amide bonds. The Morgan fingerprint density at radius 1 is 1.00 bits per heavy atom. The molecule has 3 heteroatoms. The van der Waals surface area contributed by atoms with Gasteiger partial charge in [0.1, 0.15) is 5.75 Å². The maximum absolute atomic E-state index is 11.7. The van der Waals surface area contributed by atoms with Crippen molar-refractivity contribution < 1.29 is 14.6 Å². The minimum atomic E-state index is -0.907. The Morgan fingerprint density at radius 3 is 2.00 bits per heavy atom. The first-order valence-corrected chi connectivity index (χ1v) is 6.89. The van der Waals surface area contributed by atoms with E-state index in [0.29, 0.717) is 0 Å². The van der Waals surface area contributed by atoms with Gasteiger partial charge in [-0.25, -0.2) is 0 Å². The highest BCUT2D eigenvalue weighted by atomic mass is 16.5. The average Bonchev–Trinajstić information content (AvgIpc) is 2.49. The van der Waals surface area contributed by atoms with E-state index in [2.05, 4.69) is 0 Å². The standard InChI is InChI=1S/C18H20O3/c1-18(2,17(19)20)16(13-7-5-4-6-8-13)14-9-11-15(21-3)12-10-14/h4-12,16H,1-3H3,(H,19,20)/t16-/m0/s1. The molecule has 0 fully saturated rings. The minimum absolute atomic E-state index is 0.220. The van der Waals surface area contributed by atoms with Gasteiger partial charge < -0.3 is 9.84 Å². The quantitative estimate of drug-likeness (QED) is 0.904. The zero-order valence-corrected chi connectivity index (χ0v) is 12.5. The average molecular weight is 284 g/mol. The highest BCUT2D eigenvalue weighted by Crippen LogP contribution is 2.41. The van der Waals surface area contributed by atoms with Gasteiger partial charge in [-0.15, -0.1) is 0 Å².